The van der Waals surface area contributed by atoms with Gasteiger partial charge in [-0.25, -0.2) is 0 Å². The highest BCUT2D eigenvalue weighted by Crippen LogP contribution is 2.16. The number of nitrogens with zero attached hydrogens (tertiary/aromatic N) is 1. The molecular weight excluding hydrogens is 122 g/mol. The maximum Gasteiger partial charge on any atom is 0.0696 e. The zero-order valence-corrected chi connectivity index (χ0v) is 5.62. The molecule has 0 bridgehead atoms. The zero-order chi connectivity index (χ0) is 6.81. The fourth-order valence-electron chi connectivity index (χ4n) is 1.08. The second kappa shape index (κ2) is 2.18. The molecule has 1 heteroatoms. The lowest BCUT2D eigenvalue weighted by Gasteiger charge is -2.20. The molecule has 0 unspecified atom stereocenters. The van der Waals surface area contributed by atoms with Crippen LogP contribution in [0.2, 0.25) is 0 Å². The molecule has 1 radical (unpaired) electrons. The molecule has 0 aromatic heterocycles. The summed E-state index contributed by atoms with van der Waals surface area (Å²) in [5.74, 6) is 0. The highest BCUT2D eigenvalue weighted by molar-refractivity contribution is 5.30. The van der Waals surface area contributed by atoms with Gasteiger partial charge in [0.1, 0.15) is 0 Å². The van der Waals surface area contributed by atoms with Gasteiger partial charge in [-0.3, -0.25) is 0 Å². The van der Waals surface area contributed by atoms with Crippen molar-refractivity contribution >= 4 is 0 Å². The van der Waals surface area contributed by atoms with Crippen LogP contribution < -0.4 is 0 Å². The fraction of sp³-hybridized carbons (Fsp3) is 0.111. The predicted molar refractivity (Wildman–Crippen MR) is 40.6 cm³/mol. The Morgan fingerprint density at radius 3 is 3.40 bits per heavy atom. The molecule has 0 saturated heterocycles. The minimum absolute atomic E-state index is 1.04. The molecule has 2 rings (SSSR count). The SMILES string of the molecule is [C]1=CC=CC2=CCC=CN12. The Morgan fingerprint density at radius 2 is 2.50 bits per heavy atom. The van der Waals surface area contributed by atoms with Crippen molar-refractivity contribution in [3.63, 3.8) is 0 Å². The van der Waals surface area contributed by atoms with Gasteiger partial charge < -0.3 is 4.90 Å². The molecule has 2 heterocycles. The van der Waals surface area contributed by atoms with Crippen molar-refractivity contribution in [2.75, 3.05) is 0 Å². The monoisotopic (exact) mass is 130 g/mol. The molecule has 0 spiro atoms. The van der Waals surface area contributed by atoms with Crippen LogP contribution in [0, 0.1) is 6.20 Å². The molecular formula is C9H8N. The average molecular weight is 130 g/mol. The Hall–Kier alpha value is -1.24. The van der Waals surface area contributed by atoms with Gasteiger partial charge in [0.2, 0.25) is 0 Å². The topological polar surface area (TPSA) is 3.24 Å². The summed E-state index contributed by atoms with van der Waals surface area (Å²) in [5, 5.41) is 0. The lowest BCUT2D eigenvalue weighted by Crippen LogP contribution is -2.11. The smallest absolute Gasteiger partial charge is 0.0696 e. The van der Waals surface area contributed by atoms with E-state index in [1.165, 1.54) is 5.70 Å². The van der Waals surface area contributed by atoms with Crippen molar-refractivity contribution in [3.8, 4) is 0 Å². The Labute approximate surface area is 60.6 Å². The van der Waals surface area contributed by atoms with E-state index in [0.29, 0.717) is 0 Å². The molecule has 0 amide bonds. The van der Waals surface area contributed by atoms with Crippen molar-refractivity contribution < 1.29 is 0 Å². The second-order valence-corrected chi connectivity index (χ2v) is 2.27. The summed E-state index contributed by atoms with van der Waals surface area (Å²) in [6.07, 6.45) is 16.5. The summed E-state index contributed by atoms with van der Waals surface area (Å²) in [7, 11) is 0. The van der Waals surface area contributed by atoms with Crippen molar-refractivity contribution in [1.82, 2.24) is 4.90 Å². The molecule has 49 valence electrons. The Balaban J connectivity index is 2.33. The summed E-state index contributed by atoms with van der Waals surface area (Å²) < 4.78 is 0. The summed E-state index contributed by atoms with van der Waals surface area (Å²) in [4.78, 5) is 1.99. The van der Waals surface area contributed by atoms with Crippen LogP contribution in [0.5, 0.6) is 0 Å². The highest BCUT2D eigenvalue weighted by Gasteiger charge is 2.04. The molecule has 0 atom stereocenters. The van der Waals surface area contributed by atoms with E-state index in [-0.39, 0.29) is 0 Å². The molecule has 0 N–H and O–H groups in total. The molecule has 0 aromatic rings. The van der Waals surface area contributed by atoms with Gasteiger partial charge >= 0.3 is 0 Å². The third-order valence-electron chi connectivity index (χ3n) is 1.57. The van der Waals surface area contributed by atoms with Crippen LogP contribution in [0.25, 0.3) is 0 Å². The first-order valence-corrected chi connectivity index (χ1v) is 3.39. The molecule has 0 saturated carbocycles. The van der Waals surface area contributed by atoms with E-state index in [1.54, 1.807) is 0 Å². The number of allylic oxidation sites excluding steroid dienone is 5. The molecule has 2 aliphatic rings. The van der Waals surface area contributed by atoms with Gasteiger partial charge in [0.25, 0.3) is 0 Å². The molecule has 2 aliphatic heterocycles. The third-order valence-corrected chi connectivity index (χ3v) is 1.57. The van der Waals surface area contributed by atoms with Crippen LogP contribution in [-0.4, -0.2) is 4.90 Å². The van der Waals surface area contributed by atoms with Crippen LogP contribution in [0.15, 0.2) is 42.3 Å². The van der Waals surface area contributed by atoms with Crippen LogP contribution >= 0.6 is 0 Å². The maximum atomic E-state index is 3.09. The van der Waals surface area contributed by atoms with E-state index >= 15 is 0 Å². The Kier molecular flexibility index (Phi) is 1.21. The van der Waals surface area contributed by atoms with Gasteiger partial charge in [0.05, 0.1) is 6.20 Å². The van der Waals surface area contributed by atoms with Gasteiger partial charge in [0, 0.05) is 11.9 Å². The van der Waals surface area contributed by atoms with Crippen molar-refractivity contribution in [3.05, 3.63) is 48.5 Å². The Morgan fingerprint density at radius 1 is 1.50 bits per heavy atom. The first-order valence-electron chi connectivity index (χ1n) is 3.39. The normalized spacial score (nSPS) is 20.8. The lowest BCUT2D eigenvalue weighted by atomic mass is 10.2. The van der Waals surface area contributed by atoms with Gasteiger partial charge in [-0.05, 0) is 18.6 Å². The van der Waals surface area contributed by atoms with Crippen molar-refractivity contribution in [1.29, 1.82) is 0 Å². The first-order chi connectivity index (χ1) is 4.97. The average Bonchev–Trinajstić information content (AvgIpc) is 2.05. The van der Waals surface area contributed by atoms with E-state index in [0.717, 1.165) is 6.42 Å². The van der Waals surface area contributed by atoms with E-state index < -0.39 is 0 Å². The minimum atomic E-state index is 1.04. The van der Waals surface area contributed by atoms with Gasteiger partial charge in [-0.2, -0.15) is 0 Å². The third kappa shape index (κ3) is 0.798. The maximum absolute atomic E-state index is 3.09. The largest absolute Gasteiger partial charge is 0.316 e. The summed E-state index contributed by atoms with van der Waals surface area (Å²) in [5.41, 5.74) is 1.23. The van der Waals surface area contributed by atoms with Crippen LogP contribution in [0.4, 0.5) is 0 Å². The summed E-state index contributed by atoms with van der Waals surface area (Å²) >= 11 is 0. The number of fused-ring (bicyclic) bond motifs is 1. The van der Waals surface area contributed by atoms with E-state index in [2.05, 4.69) is 24.4 Å². The highest BCUT2D eigenvalue weighted by atomic mass is 15.1. The van der Waals surface area contributed by atoms with Crippen molar-refractivity contribution in [2.45, 2.75) is 6.42 Å². The zero-order valence-electron chi connectivity index (χ0n) is 5.62. The van der Waals surface area contributed by atoms with Crippen LogP contribution in [-0.2, 0) is 0 Å². The molecule has 0 fully saturated rings. The quantitative estimate of drug-likeness (QED) is 0.484. The van der Waals surface area contributed by atoms with Crippen LogP contribution in [0.3, 0.4) is 0 Å². The molecule has 1 nitrogen and oxygen atoms in total. The standard InChI is InChI=1S/C9H8N/c1-3-7-10-8-4-2-6-9(10)5-1/h1,3-6,8H,2H2. The number of rotatable bonds is 0. The van der Waals surface area contributed by atoms with Gasteiger partial charge in [-0.1, -0.05) is 18.2 Å². The molecule has 10 heavy (non-hydrogen) atoms. The van der Waals surface area contributed by atoms with E-state index in [4.69, 9.17) is 0 Å². The summed E-state index contributed by atoms with van der Waals surface area (Å²) in [6.45, 7) is 0. The number of hydrogen-bond acceptors (Lipinski definition) is 1. The van der Waals surface area contributed by atoms with Crippen molar-refractivity contribution in [2.24, 2.45) is 0 Å². The minimum Gasteiger partial charge on any atom is -0.316 e. The molecule has 0 aliphatic carbocycles. The lowest BCUT2D eigenvalue weighted by molar-refractivity contribution is 0.603. The van der Waals surface area contributed by atoms with E-state index in [1.807, 2.05) is 23.3 Å². The van der Waals surface area contributed by atoms with Crippen LogP contribution in [0.1, 0.15) is 6.42 Å². The first kappa shape index (κ1) is 5.54. The fourth-order valence-corrected chi connectivity index (χ4v) is 1.08. The summed E-state index contributed by atoms with van der Waals surface area (Å²) in [6, 6.07) is 0. The van der Waals surface area contributed by atoms with Gasteiger partial charge in [0.15, 0.2) is 0 Å². The molecule has 0 aromatic carbocycles. The van der Waals surface area contributed by atoms with E-state index in [9.17, 15) is 0 Å². The van der Waals surface area contributed by atoms with Gasteiger partial charge in [-0.15, -0.1) is 0 Å². The predicted octanol–water partition coefficient (Wildman–Crippen LogP) is 1.98. The number of hydrogen-bond donors (Lipinski definition) is 0. The second-order valence-electron chi connectivity index (χ2n) is 2.27. The Bertz CT molecular complexity index is 243.